The van der Waals surface area contributed by atoms with Crippen molar-refractivity contribution in [2.45, 2.75) is 76.4 Å². The standard InChI is InChI=1S/C13H29NO2Si/c1-12(2,3)17(5,6)16-13(14)9-7-8-11(10-13)15-4/h11H,7-10,14H2,1-6H3. The van der Waals surface area contributed by atoms with Gasteiger partial charge in [0.2, 0.25) is 0 Å². The molecule has 1 rings (SSSR count). The molecule has 2 unspecified atom stereocenters. The second-order valence-corrected chi connectivity index (χ2v) is 11.6. The number of hydrogen-bond donors (Lipinski definition) is 1. The molecule has 102 valence electrons. The maximum Gasteiger partial charge on any atom is 0.194 e. The molecular formula is C13H29NO2Si. The average Bonchev–Trinajstić information content (AvgIpc) is 2.14. The third kappa shape index (κ3) is 3.78. The molecule has 0 aromatic carbocycles. The van der Waals surface area contributed by atoms with E-state index in [1.54, 1.807) is 7.11 Å². The number of ether oxygens (including phenoxy) is 1. The molecule has 2 N–H and O–H groups in total. The van der Waals surface area contributed by atoms with Crippen molar-refractivity contribution in [2.24, 2.45) is 5.73 Å². The highest BCUT2D eigenvalue weighted by molar-refractivity contribution is 6.74. The summed E-state index contributed by atoms with van der Waals surface area (Å²) in [7, 11) is -0.0209. The lowest BCUT2D eigenvalue weighted by atomic mass is 9.90. The Bertz CT molecular complexity index is 263. The van der Waals surface area contributed by atoms with Gasteiger partial charge in [-0.05, 0) is 37.4 Å². The van der Waals surface area contributed by atoms with Crippen molar-refractivity contribution in [3.8, 4) is 0 Å². The van der Waals surface area contributed by atoms with Crippen molar-refractivity contribution >= 4 is 8.32 Å². The fourth-order valence-corrected chi connectivity index (χ4v) is 3.68. The van der Waals surface area contributed by atoms with E-state index in [2.05, 4.69) is 33.9 Å². The normalized spacial score (nSPS) is 31.6. The summed E-state index contributed by atoms with van der Waals surface area (Å²) < 4.78 is 11.8. The Hall–Kier alpha value is 0.0969. The first-order valence-electron chi connectivity index (χ1n) is 6.61. The van der Waals surface area contributed by atoms with Gasteiger partial charge in [-0.15, -0.1) is 0 Å². The second-order valence-electron chi connectivity index (χ2n) is 6.88. The Morgan fingerprint density at radius 1 is 1.29 bits per heavy atom. The van der Waals surface area contributed by atoms with Crippen LogP contribution in [0.4, 0.5) is 0 Å². The highest BCUT2D eigenvalue weighted by atomic mass is 28.4. The minimum absolute atomic E-state index is 0.208. The lowest BCUT2D eigenvalue weighted by Gasteiger charge is -2.46. The third-order valence-electron chi connectivity index (χ3n) is 4.30. The van der Waals surface area contributed by atoms with Crippen molar-refractivity contribution < 1.29 is 9.16 Å². The summed E-state index contributed by atoms with van der Waals surface area (Å²) in [4.78, 5) is 0. The number of nitrogens with two attached hydrogens (primary N) is 1. The summed E-state index contributed by atoms with van der Waals surface area (Å²) in [6, 6.07) is 0. The van der Waals surface area contributed by atoms with Crippen molar-refractivity contribution in [1.82, 2.24) is 0 Å². The molecule has 0 bridgehead atoms. The van der Waals surface area contributed by atoms with Gasteiger partial charge in [-0.25, -0.2) is 0 Å². The van der Waals surface area contributed by atoms with Crippen LogP contribution in [0, 0.1) is 0 Å². The fourth-order valence-electron chi connectivity index (χ4n) is 2.17. The lowest BCUT2D eigenvalue weighted by Crippen LogP contribution is -2.57. The van der Waals surface area contributed by atoms with E-state index >= 15 is 0 Å². The van der Waals surface area contributed by atoms with Crippen molar-refractivity contribution in [3.05, 3.63) is 0 Å². The fraction of sp³-hybridized carbons (Fsp3) is 1.00. The van der Waals surface area contributed by atoms with Gasteiger partial charge < -0.3 is 14.9 Å². The number of rotatable bonds is 3. The first-order chi connectivity index (χ1) is 7.60. The molecule has 2 atom stereocenters. The molecule has 0 aromatic heterocycles. The van der Waals surface area contributed by atoms with Crippen LogP contribution in [0.1, 0.15) is 46.5 Å². The summed E-state index contributed by atoms with van der Waals surface area (Å²) >= 11 is 0. The van der Waals surface area contributed by atoms with Crippen molar-refractivity contribution in [3.63, 3.8) is 0 Å². The smallest absolute Gasteiger partial charge is 0.194 e. The van der Waals surface area contributed by atoms with E-state index in [1.165, 1.54) is 0 Å². The molecule has 0 amide bonds. The average molecular weight is 259 g/mol. The van der Waals surface area contributed by atoms with Crippen LogP contribution in [0.25, 0.3) is 0 Å². The summed E-state index contributed by atoms with van der Waals surface area (Å²) in [6.07, 6.45) is 4.26. The first kappa shape index (κ1) is 15.2. The van der Waals surface area contributed by atoms with E-state index < -0.39 is 14.0 Å². The van der Waals surface area contributed by atoms with Gasteiger partial charge in [0.05, 0.1) is 6.10 Å². The van der Waals surface area contributed by atoms with Crippen LogP contribution in [-0.4, -0.2) is 27.3 Å². The maximum absolute atomic E-state index is 6.44. The monoisotopic (exact) mass is 259 g/mol. The Kier molecular flexibility index (Phi) is 4.45. The highest BCUT2D eigenvalue weighted by Gasteiger charge is 2.45. The van der Waals surface area contributed by atoms with Crippen LogP contribution >= 0.6 is 0 Å². The quantitative estimate of drug-likeness (QED) is 0.625. The van der Waals surface area contributed by atoms with Crippen LogP contribution in [0.2, 0.25) is 18.1 Å². The summed E-state index contributed by atoms with van der Waals surface area (Å²) in [6.45, 7) is 11.3. The van der Waals surface area contributed by atoms with E-state index in [1.807, 2.05) is 0 Å². The maximum atomic E-state index is 6.44. The molecule has 0 aromatic rings. The number of methoxy groups -OCH3 is 1. The Balaban J connectivity index is 2.72. The summed E-state index contributed by atoms with van der Waals surface area (Å²) in [5.41, 5.74) is 5.97. The van der Waals surface area contributed by atoms with Gasteiger partial charge in [0, 0.05) is 13.5 Å². The molecule has 4 heteroatoms. The SMILES string of the molecule is COC1CCCC(N)(O[Si](C)(C)C(C)(C)C)C1. The van der Waals surface area contributed by atoms with Gasteiger partial charge in [0.1, 0.15) is 5.72 Å². The van der Waals surface area contributed by atoms with Crippen LogP contribution in [0.3, 0.4) is 0 Å². The van der Waals surface area contributed by atoms with E-state index in [0.29, 0.717) is 0 Å². The molecule has 3 nitrogen and oxygen atoms in total. The molecular weight excluding hydrogens is 230 g/mol. The number of hydrogen-bond acceptors (Lipinski definition) is 3. The molecule has 17 heavy (non-hydrogen) atoms. The van der Waals surface area contributed by atoms with Crippen molar-refractivity contribution in [2.75, 3.05) is 7.11 Å². The molecule has 1 saturated carbocycles. The van der Waals surface area contributed by atoms with Gasteiger partial charge in [0.15, 0.2) is 8.32 Å². The zero-order valence-electron chi connectivity index (χ0n) is 12.3. The van der Waals surface area contributed by atoms with Gasteiger partial charge in [-0.3, -0.25) is 0 Å². The highest BCUT2D eigenvalue weighted by Crippen LogP contribution is 2.41. The largest absolute Gasteiger partial charge is 0.399 e. The minimum Gasteiger partial charge on any atom is -0.399 e. The third-order valence-corrected chi connectivity index (χ3v) is 8.83. The zero-order chi connectivity index (χ0) is 13.3. The molecule has 0 spiro atoms. The minimum atomic E-state index is -1.79. The van der Waals surface area contributed by atoms with E-state index in [4.69, 9.17) is 14.9 Å². The van der Waals surface area contributed by atoms with Gasteiger partial charge in [-0.1, -0.05) is 20.8 Å². The van der Waals surface area contributed by atoms with Gasteiger partial charge in [0.25, 0.3) is 0 Å². The molecule has 0 radical (unpaired) electrons. The summed E-state index contributed by atoms with van der Waals surface area (Å²) in [5, 5.41) is 0.208. The zero-order valence-corrected chi connectivity index (χ0v) is 13.3. The first-order valence-corrected chi connectivity index (χ1v) is 9.52. The Morgan fingerprint density at radius 2 is 1.88 bits per heavy atom. The second kappa shape index (κ2) is 5.00. The molecule has 0 saturated heterocycles. The predicted octanol–water partition coefficient (Wildman–Crippen LogP) is 3.25. The van der Waals surface area contributed by atoms with Gasteiger partial charge >= 0.3 is 0 Å². The summed E-state index contributed by atoms with van der Waals surface area (Å²) in [5.74, 6) is 0. The molecule has 1 fully saturated rings. The topological polar surface area (TPSA) is 44.5 Å². The van der Waals surface area contributed by atoms with Crippen LogP contribution in [0.5, 0.6) is 0 Å². The molecule has 0 aliphatic heterocycles. The van der Waals surface area contributed by atoms with Crippen LogP contribution in [0.15, 0.2) is 0 Å². The van der Waals surface area contributed by atoms with Crippen molar-refractivity contribution in [1.29, 1.82) is 0 Å². The Labute approximate surface area is 107 Å². The lowest BCUT2D eigenvalue weighted by molar-refractivity contribution is -0.0459. The van der Waals surface area contributed by atoms with E-state index in [-0.39, 0.29) is 11.1 Å². The predicted molar refractivity (Wildman–Crippen MR) is 74.5 cm³/mol. The molecule has 0 heterocycles. The van der Waals surface area contributed by atoms with E-state index in [9.17, 15) is 0 Å². The van der Waals surface area contributed by atoms with Crippen LogP contribution < -0.4 is 5.73 Å². The molecule has 1 aliphatic carbocycles. The van der Waals surface area contributed by atoms with E-state index in [0.717, 1.165) is 25.7 Å². The van der Waals surface area contributed by atoms with Gasteiger partial charge in [-0.2, -0.15) is 0 Å². The molecule has 1 aliphatic rings. The van der Waals surface area contributed by atoms with Crippen LogP contribution in [-0.2, 0) is 9.16 Å². The Morgan fingerprint density at radius 3 is 2.35 bits per heavy atom.